The van der Waals surface area contributed by atoms with Gasteiger partial charge in [-0.05, 0) is 30.3 Å². The Morgan fingerprint density at radius 2 is 2.04 bits per heavy atom. The molecule has 0 atom stereocenters. The summed E-state index contributed by atoms with van der Waals surface area (Å²) >= 11 is 1.48. The van der Waals surface area contributed by atoms with Crippen molar-refractivity contribution in [3.8, 4) is 5.75 Å². The van der Waals surface area contributed by atoms with Gasteiger partial charge in [0.1, 0.15) is 10.8 Å². The zero-order valence-electron chi connectivity index (χ0n) is 13.2. The van der Waals surface area contributed by atoms with Gasteiger partial charge in [-0.3, -0.25) is 4.79 Å². The summed E-state index contributed by atoms with van der Waals surface area (Å²) in [6.45, 7) is 0.223. The number of nitrogens with two attached hydrogens (primary N) is 1. The first kappa shape index (κ1) is 17.3. The third-order valence-electron chi connectivity index (χ3n) is 3.48. The minimum absolute atomic E-state index is 0.0927. The number of nitrogens with one attached hydrogen (secondary N) is 1. The molecule has 3 rings (SSSR count). The minimum Gasteiger partial charge on any atom is -0.496 e. The van der Waals surface area contributed by atoms with Crippen LogP contribution >= 0.6 is 11.3 Å². The summed E-state index contributed by atoms with van der Waals surface area (Å²) in [4.78, 5) is 16.7. The van der Waals surface area contributed by atoms with Crippen LogP contribution in [0.25, 0.3) is 10.2 Å². The number of thiazole rings is 1. The molecule has 0 radical (unpaired) electrons. The number of benzene rings is 2. The van der Waals surface area contributed by atoms with Gasteiger partial charge in [0.15, 0.2) is 0 Å². The number of rotatable bonds is 5. The van der Waals surface area contributed by atoms with Crippen LogP contribution in [-0.2, 0) is 16.6 Å². The van der Waals surface area contributed by atoms with Crippen LogP contribution < -0.4 is 15.2 Å². The molecular weight excluding hydrogens is 362 g/mol. The predicted octanol–water partition coefficient (Wildman–Crippen LogP) is 1.88. The molecule has 0 saturated heterocycles. The number of ether oxygens (including phenoxy) is 1. The molecule has 130 valence electrons. The maximum Gasteiger partial charge on any atom is 0.255 e. The predicted molar refractivity (Wildman–Crippen MR) is 95.2 cm³/mol. The second kappa shape index (κ2) is 6.79. The van der Waals surface area contributed by atoms with Crippen LogP contribution in [0.1, 0.15) is 15.4 Å². The molecule has 0 saturated carbocycles. The molecule has 0 aliphatic carbocycles. The van der Waals surface area contributed by atoms with Gasteiger partial charge in [0, 0.05) is 0 Å². The van der Waals surface area contributed by atoms with Crippen LogP contribution in [0, 0.1) is 0 Å². The number of methoxy groups -OCH3 is 1. The molecule has 1 amide bonds. The topological polar surface area (TPSA) is 111 Å². The molecule has 0 aliphatic heterocycles. The van der Waals surface area contributed by atoms with Gasteiger partial charge in [-0.15, -0.1) is 11.3 Å². The fourth-order valence-electron chi connectivity index (χ4n) is 2.29. The molecule has 0 aliphatic rings. The number of carbonyl (C=O) groups excluding carboxylic acids is 1. The van der Waals surface area contributed by atoms with E-state index >= 15 is 0 Å². The Hall–Kier alpha value is -2.49. The fourth-order valence-corrected chi connectivity index (χ4v) is 3.74. The Labute approximate surface area is 148 Å². The van der Waals surface area contributed by atoms with Gasteiger partial charge in [0.2, 0.25) is 10.0 Å². The van der Waals surface area contributed by atoms with E-state index < -0.39 is 15.9 Å². The van der Waals surface area contributed by atoms with E-state index in [2.05, 4.69) is 10.3 Å². The fraction of sp³-hybridized carbons (Fsp3) is 0.125. The van der Waals surface area contributed by atoms with Gasteiger partial charge < -0.3 is 10.1 Å². The van der Waals surface area contributed by atoms with Crippen molar-refractivity contribution in [2.45, 2.75) is 11.4 Å². The third kappa shape index (κ3) is 3.78. The summed E-state index contributed by atoms with van der Waals surface area (Å²) in [7, 11) is -2.52. The van der Waals surface area contributed by atoms with Gasteiger partial charge in [-0.25, -0.2) is 18.5 Å². The van der Waals surface area contributed by atoms with E-state index in [9.17, 15) is 13.2 Å². The molecule has 0 unspecified atom stereocenters. The van der Waals surface area contributed by atoms with Crippen molar-refractivity contribution < 1.29 is 17.9 Å². The monoisotopic (exact) mass is 377 g/mol. The molecule has 0 bridgehead atoms. The van der Waals surface area contributed by atoms with Crippen LogP contribution in [0.2, 0.25) is 0 Å². The van der Waals surface area contributed by atoms with Gasteiger partial charge in [0.05, 0.1) is 34.3 Å². The highest BCUT2D eigenvalue weighted by Crippen LogP contribution is 2.23. The van der Waals surface area contributed by atoms with E-state index in [1.807, 2.05) is 24.3 Å². The quantitative estimate of drug-likeness (QED) is 0.705. The summed E-state index contributed by atoms with van der Waals surface area (Å²) in [6.07, 6.45) is 0. The number of aromatic nitrogens is 1. The van der Waals surface area contributed by atoms with E-state index in [4.69, 9.17) is 9.88 Å². The molecule has 7 nitrogen and oxygen atoms in total. The molecule has 25 heavy (non-hydrogen) atoms. The van der Waals surface area contributed by atoms with Crippen molar-refractivity contribution in [3.05, 3.63) is 53.0 Å². The smallest absolute Gasteiger partial charge is 0.255 e. The van der Waals surface area contributed by atoms with E-state index in [1.165, 1.54) is 36.6 Å². The Kier molecular flexibility index (Phi) is 4.71. The average molecular weight is 377 g/mol. The number of sulfonamides is 1. The first-order valence-corrected chi connectivity index (χ1v) is 9.58. The summed E-state index contributed by atoms with van der Waals surface area (Å²) in [5.74, 6) is -0.212. The molecule has 3 N–H and O–H groups in total. The molecule has 2 aromatic carbocycles. The van der Waals surface area contributed by atoms with Gasteiger partial charge in [-0.2, -0.15) is 0 Å². The number of carbonyl (C=O) groups is 1. The Balaban J connectivity index is 1.82. The lowest BCUT2D eigenvalue weighted by molar-refractivity contribution is 0.0947. The molecule has 9 heteroatoms. The van der Waals surface area contributed by atoms with Crippen molar-refractivity contribution in [1.82, 2.24) is 10.3 Å². The highest BCUT2D eigenvalue weighted by Gasteiger charge is 2.17. The normalized spacial score (nSPS) is 11.4. The lowest BCUT2D eigenvalue weighted by atomic mass is 10.2. The van der Waals surface area contributed by atoms with Crippen molar-refractivity contribution in [2.24, 2.45) is 5.14 Å². The first-order chi connectivity index (χ1) is 11.9. The highest BCUT2D eigenvalue weighted by atomic mass is 32.2. The van der Waals surface area contributed by atoms with Gasteiger partial charge in [-0.1, -0.05) is 12.1 Å². The Morgan fingerprint density at radius 1 is 1.28 bits per heavy atom. The maximum atomic E-state index is 12.4. The third-order valence-corrected chi connectivity index (χ3v) is 5.43. The van der Waals surface area contributed by atoms with Gasteiger partial charge in [0.25, 0.3) is 5.91 Å². The highest BCUT2D eigenvalue weighted by molar-refractivity contribution is 7.89. The minimum atomic E-state index is -3.91. The van der Waals surface area contributed by atoms with Crippen LogP contribution in [0.3, 0.4) is 0 Å². The number of amides is 1. The number of para-hydroxylation sites is 1. The van der Waals surface area contributed by atoms with Crippen LogP contribution in [0.5, 0.6) is 5.75 Å². The summed E-state index contributed by atoms with van der Waals surface area (Å²) in [5.41, 5.74) is 0.959. The van der Waals surface area contributed by atoms with Crippen molar-refractivity contribution >= 4 is 37.5 Å². The summed E-state index contributed by atoms with van der Waals surface area (Å²) in [5, 5.41) is 8.59. The molecule has 3 aromatic rings. The van der Waals surface area contributed by atoms with E-state index in [0.29, 0.717) is 0 Å². The van der Waals surface area contributed by atoms with Crippen LogP contribution in [-0.4, -0.2) is 26.4 Å². The molecule has 1 heterocycles. The lowest BCUT2D eigenvalue weighted by Gasteiger charge is -2.10. The molecule has 0 spiro atoms. The van der Waals surface area contributed by atoms with E-state index in [1.54, 1.807) is 0 Å². The van der Waals surface area contributed by atoms with Gasteiger partial charge >= 0.3 is 0 Å². The van der Waals surface area contributed by atoms with Crippen molar-refractivity contribution in [1.29, 1.82) is 0 Å². The number of hydrogen-bond donors (Lipinski definition) is 2. The SMILES string of the molecule is COc1ccc(S(N)(=O)=O)cc1C(=O)NCc1nc2ccccc2s1. The first-order valence-electron chi connectivity index (χ1n) is 7.22. The van der Waals surface area contributed by atoms with E-state index in [-0.39, 0.29) is 22.8 Å². The number of primary sulfonamides is 1. The largest absolute Gasteiger partial charge is 0.496 e. The zero-order chi connectivity index (χ0) is 18.0. The lowest BCUT2D eigenvalue weighted by Crippen LogP contribution is -2.24. The number of hydrogen-bond acceptors (Lipinski definition) is 6. The zero-order valence-corrected chi connectivity index (χ0v) is 14.9. The summed E-state index contributed by atoms with van der Waals surface area (Å²) < 4.78 is 29.1. The molecule has 0 fully saturated rings. The standard InChI is InChI=1S/C16H15N3O4S2/c1-23-13-7-6-10(25(17,21)22)8-11(13)16(20)18-9-15-19-12-4-2-3-5-14(12)24-15/h2-8H,9H2,1H3,(H,18,20)(H2,17,21,22). The van der Waals surface area contributed by atoms with Crippen molar-refractivity contribution in [2.75, 3.05) is 7.11 Å². The second-order valence-electron chi connectivity index (χ2n) is 5.17. The van der Waals surface area contributed by atoms with Crippen LogP contribution in [0.4, 0.5) is 0 Å². The molecule has 1 aromatic heterocycles. The molecular formula is C16H15N3O4S2. The van der Waals surface area contributed by atoms with E-state index in [0.717, 1.165) is 15.2 Å². The Morgan fingerprint density at radius 3 is 2.72 bits per heavy atom. The summed E-state index contributed by atoms with van der Waals surface area (Å²) in [6, 6.07) is 11.6. The second-order valence-corrected chi connectivity index (χ2v) is 7.84. The number of fused-ring (bicyclic) bond motifs is 1. The number of nitrogens with zero attached hydrogens (tertiary/aromatic N) is 1. The van der Waals surface area contributed by atoms with Crippen LogP contribution in [0.15, 0.2) is 47.4 Å². The average Bonchev–Trinajstić information content (AvgIpc) is 3.01. The van der Waals surface area contributed by atoms with Crippen molar-refractivity contribution in [3.63, 3.8) is 0 Å². The maximum absolute atomic E-state index is 12.4. The Bertz CT molecular complexity index is 1010.